The first kappa shape index (κ1) is 22.4. The minimum absolute atomic E-state index is 0.132. The normalized spacial score (nSPS) is 18.2. The van der Waals surface area contributed by atoms with Crippen molar-refractivity contribution in [2.75, 3.05) is 13.1 Å². The molecule has 6 nitrogen and oxygen atoms in total. The second-order valence-electron chi connectivity index (χ2n) is 9.80. The van der Waals surface area contributed by atoms with Crippen LogP contribution in [0.1, 0.15) is 55.9 Å². The molecule has 4 rings (SSSR count). The minimum atomic E-state index is -0.429. The number of hydrogen-bond acceptors (Lipinski definition) is 5. The lowest BCUT2D eigenvalue weighted by Crippen LogP contribution is -2.46. The molecule has 2 aromatic carbocycles. The molecule has 2 aliphatic rings. The van der Waals surface area contributed by atoms with Crippen molar-refractivity contribution in [1.82, 2.24) is 15.9 Å². The summed E-state index contributed by atoms with van der Waals surface area (Å²) in [6.45, 7) is 10.4. The number of aryl methyl sites for hydroxylation is 1. The molecule has 32 heavy (non-hydrogen) atoms. The molecule has 0 atom stereocenters. The molecular formula is C26H33N3O3. The van der Waals surface area contributed by atoms with Gasteiger partial charge in [0.1, 0.15) is 5.60 Å². The number of hydroxylamine groups is 3. The molecule has 2 N–H and O–H groups in total. The van der Waals surface area contributed by atoms with Crippen LogP contribution < -0.4 is 10.8 Å². The van der Waals surface area contributed by atoms with Crippen molar-refractivity contribution in [1.29, 1.82) is 0 Å². The van der Waals surface area contributed by atoms with Crippen LogP contribution in [0.15, 0.2) is 54.6 Å². The molecule has 2 heterocycles. The summed E-state index contributed by atoms with van der Waals surface area (Å²) in [5.74, 6) is 0. The lowest BCUT2D eigenvalue weighted by molar-refractivity contribution is -0.156. The fourth-order valence-electron chi connectivity index (χ4n) is 4.00. The zero-order valence-electron chi connectivity index (χ0n) is 19.4. The highest BCUT2D eigenvalue weighted by molar-refractivity contribution is 5.67. The molecule has 6 heteroatoms. The average Bonchev–Trinajstić information content (AvgIpc) is 3.18. The molecule has 1 saturated heterocycles. The number of benzene rings is 2. The van der Waals surface area contributed by atoms with Crippen LogP contribution >= 0.6 is 0 Å². The van der Waals surface area contributed by atoms with Crippen LogP contribution in [0.5, 0.6) is 0 Å². The molecule has 1 fully saturated rings. The maximum absolute atomic E-state index is 12.2. The van der Waals surface area contributed by atoms with Gasteiger partial charge in [-0.3, -0.25) is 10.3 Å². The van der Waals surface area contributed by atoms with E-state index in [1.807, 2.05) is 31.2 Å². The summed E-state index contributed by atoms with van der Waals surface area (Å²) in [5, 5.41) is 4.52. The van der Waals surface area contributed by atoms with Gasteiger partial charge < -0.3 is 10.2 Å². The quantitative estimate of drug-likeness (QED) is 0.719. The molecule has 2 aliphatic heterocycles. The zero-order chi connectivity index (χ0) is 22.8. The molecule has 1 amide bonds. The van der Waals surface area contributed by atoms with Gasteiger partial charge in [-0.25, -0.2) is 4.79 Å². The van der Waals surface area contributed by atoms with Gasteiger partial charge in [0.15, 0.2) is 0 Å². The second kappa shape index (κ2) is 8.96. The number of rotatable bonds is 4. The fraction of sp³-hybridized carbons (Fsp3) is 0.423. The van der Waals surface area contributed by atoms with Crippen LogP contribution in [0.25, 0.3) is 5.70 Å². The van der Waals surface area contributed by atoms with Gasteiger partial charge in [-0.1, -0.05) is 74.9 Å². The Bertz CT molecular complexity index is 967. The highest BCUT2D eigenvalue weighted by Gasteiger charge is 2.39. The highest BCUT2D eigenvalue weighted by atomic mass is 16.7. The van der Waals surface area contributed by atoms with E-state index < -0.39 is 6.09 Å². The number of hydrogen-bond donors (Lipinski definition) is 2. The maximum atomic E-state index is 12.2. The van der Waals surface area contributed by atoms with Crippen molar-refractivity contribution < 1.29 is 14.5 Å². The Balaban J connectivity index is 1.28. The van der Waals surface area contributed by atoms with E-state index in [2.05, 4.69) is 61.9 Å². The highest BCUT2D eigenvalue weighted by Crippen LogP contribution is 2.35. The summed E-state index contributed by atoms with van der Waals surface area (Å²) in [4.78, 5) is 23.6. The van der Waals surface area contributed by atoms with E-state index in [4.69, 9.17) is 9.68 Å². The smallest absolute Gasteiger partial charge is 0.351 e. The third-order valence-corrected chi connectivity index (χ3v) is 6.17. The molecule has 0 saturated carbocycles. The molecule has 0 aromatic heterocycles. The molecular weight excluding hydrogens is 402 g/mol. The standard InChI is InChI=1S/C26H33N3O3/c1-19-5-7-20(8-6-19)18-27-24(30)31-29-15-13-26(14-16-29)17-23(28-32-26)21-9-11-22(12-10-21)25(2,3)4/h5-12,17,28H,13-16,18H2,1-4H3,(H,27,30). The van der Waals surface area contributed by atoms with Gasteiger partial charge in [0.2, 0.25) is 0 Å². The Hall–Kier alpha value is -2.83. The van der Waals surface area contributed by atoms with Crippen LogP contribution in [0.3, 0.4) is 0 Å². The number of nitrogens with zero attached hydrogens (tertiary/aromatic N) is 1. The Morgan fingerprint density at radius 1 is 1.09 bits per heavy atom. The number of nitrogens with one attached hydrogen (secondary N) is 2. The Kier molecular flexibility index (Phi) is 6.26. The molecule has 0 aliphatic carbocycles. The number of amides is 1. The van der Waals surface area contributed by atoms with Crippen LogP contribution in [0, 0.1) is 6.92 Å². The molecule has 1 spiro atoms. The van der Waals surface area contributed by atoms with Crippen molar-refractivity contribution in [3.63, 3.8) is 0 Å². The molecule has 0 radical (unpaired) electrons. The molecule has 170 valence electrons. The van der Waals surface area contributed by atoms with Crippen LogP contribution in [0.2, 0.25) is 0 Å². The number of carbonyl (C=O) groups is 1. The Morgan fingerprint density at radius 3 is 2.38 bits per heavy atom. The van der Waals surface area contributed by atoms with Crippen molar-refractivity contribution in [3.05, 3.63) is 76.9 Å². The van der Waals surface area contributed by atoms with Crippen LogP contribution in [-0.2, 0) is 21.6 Å². The summed E-state index contributed by atoms with van der Waals surface area (Å²) < 4.78 is 0. The van der Waals surface area contributed by atoms with E-state index in [1.54, 1.807) is 5.06 Å². The summed E-state index contributed by atoms with van der Waals surface area (Å²) >= 11 is 0. The van der Waals surface area contributed by atoms with Gasteiger partial charge >= 0.3 is 6.09 Å². The predicted molar refractivity (Wildman–Crippen MR) is 125 cm³/mol. The predicted octanol–water partition coefficient (Wildman–Crippen LogP) is 4.84. The SMILES string of the molecule is Cc1ccc(CNC(=O)ON2CCC3(C=C(c4ccc(C(C)(C)C)cc4)NO3)CC2)cc1. The monoisotopic (exact) mass is 435 g/mol. The summed E-state index contributed by atoms with van der Waals surface area (Å²) in [6.07, 6.45) is 3.24. The average molecular weight is 436 g/mol. The summed E-state index contributed by atoms with van der Waals surface area (Å²) in [7, 11) is 0. The lowest BCUT2D eigenvalue weighted by Gasteiger charge is -2.35. The largest absolute Gasteiger partial charge is 0.426 e. The lowest BCUT2D eigenvalue weighted by atomic mass is 9.86. The van der Waals surface area contributed by atoms with Gasteiger partial charge in [-0.2, -0.15) is 0 Å². The molecule has 0 unspecified atom stereocenters. The van der Waals surface area contributed by atoms with E-state index in [1.165, 1.54) is 11.1 Å². The minimum Gasteiger partial charge on any atom is -0.351 e. The van der Waals surface area contributed by atoms with E-state index >= 15 is 0 Å². The number of carbonyl (C=O) groups excluding carboxylic acids is 1. The molecule has 2 aromatic rings. The van der Waals surface area contributed by atoms with Crippen LogP contribution in [0.4, 0.5) is 4.79 Å². The van der Waals surface area contributed by atoms with Gasteiger partial charge in [-0.15, -0.1) is 5.06 Å². The van der Waals surface area contributed by atoms with Crippen molar-refractivity contribution >= 4 is 11.8 Å². The Morgan fingerprint density at radius 2 is 1.75 bits per heavy atom. The first-order valence-electron chi connectivity index (χ1n) is 11.3. The first-order chi connectivity index (χ1) is 15.2. The van der Waals surface area contributed by atoms with Gasteiger partial charge in [0.05, 0.1) is 5.70 Å². The second-order valence-corrected chi connectivity index (χ2v) is 9.80. The third kappa shape index (κ3) is 5.31. The first-order valence-corrected chi connectivity index (χ1v) is 11.3. The molecule has 0 bridgehead atoms. The summed E-state index contributed by atoms with van der Waals surface area (Å²) in [6, 6.07) is 16.7. The van der Waals surface area contributed by atoms with Gasteiger partial charge in [-0.05, 0) is 47.9 Å². The fourth-order valence-corrected chi connectivity index (χ4v) is 4.00. The van der Waals surface area contributed by atoms with E-state index in [-0.39, 0.29) is 11.0 Å². The van der Waals surface area contributed by atoms with Crippen LogP contribution in [-0.4, -0.2) is 29.8 Å². The topological polar surface area (TPSA) is 62.8 Å². The van der Waals surface area contributed by atoms with Crippen molar-refractivity contribution in [3.8, 4) is 0 Å². The van der Waals surface area contributed by atoms with E-state index in [9.17, 15) is 4.79 Å². The van der Waals surface area contributed by atoms with Crippen molar-refractivity contribution in [2.45, 2.75) is 58.1 Å². The van der Waals surface area contributed by atoms with Gasteiger partial charge in [0, 0.05) is 19.6 Å². The number of piperidine rings is 1. The van der Waals surface area contributed by atoms with Crippen molar-refractivity contribution in [2.24, 2.45) is 0 Å². The summed E-state index contributed by atoms with van der Waals surface area (Å²) in [5.41, 5.74) is 8.54. The van der Waals surface area contributed by atoms with Gasteiger partial charge in [0.25, 0.3) is 0 Å². The Labute approximate surface area is 190 Å². The van der Waals surface area contributed by atoms with E-state index in [0.717, 1.165) is 29.7 Å². The third-order valence-electron chi connectivity index (χ3n) is 6.17. The zero-order valence-corrected chi connectivity index (χ0v) is 19.4. The van der Waals surface area contributed by atoms with E-state index in [0.29, 0.717) is 19.6 Å². The maximum Gasteiger partial charge on any atom is 0.426 e.